The van der Waals surface area contributed by atoms with Crippen molar-refractivity contribution < 1.29 is 23.4 Å². The highest BCUT2D eigenvalue weighted by molar-refractivity contribution is 9.10. The minimum absolute atomic E-state index is 0.0267. The van der Waals surface area contributed by atoms with Gasteiger partial charge in [0.2, 0.25) is 0 Å². The van der Waals surface area contributed by atoms with Crippen LogP contribution in [0.3, 0.4) is 0 Å². The maximum absolute atomic E-state index is 13.4. The van der Waals surface area contributed by atoms with E-state index in [1.165, 1.54) is 18.2 Å². The van der Waals surface area contributed by atoms with Gasteiger partial charge in [-0.25, -0.2) is 13.6 Å². The highest BCUT2D eigenvalue weighted by Crippen LogP contribution is 2.28. The van der Waals surface area contributed by atoms with Gasteiger partial charge in [0.05, 0.1) is 5.56 Å². The number of aromatic carboxylic acids is 1. The molecule has 0 spiro atoms. The normalized spacial score (nSPS) is 10.3. The molecule has 0 aliphatic rings. The lowest BCUT2D eigenvalue weighted by molar-refractivity contribution is 0.0696. The number of carboxylic acids is 1. The maximum Gasteiger partial charge on any atom is 0.335 e. The summed E-state index contributed by atoms with van der Waals surface area (Å²) in [6.45, 7) is 0. The summed E-state index contributed by atoms with van der Waals surface area (Å²) in [6.07, 6.45) is 0. The van der Waals surface area contributed by atoms with Crippen molar-refractivity contribution in [2.45, 2.75) is 0 Å². The Balaban J connectivity index is 2.38. The van der Waals surface area contributed by atoms with E-state index in [9.17, 15) is 13.6 Å². The second kappa shape index (κ2) is 5.36. The average Bonchev–Trinajstić information content (AvgIpc) is 2.33. The fraction of sp³-hybridized carbons (Fsp3) is 0. The van der Waals surface area contributed by atoms with E-state index in [-0.39, 0.29) is 17.1 Å². The maximum atomic E-state index is 13.4. The Bertz CT molecular complexity index is 644. The fourth-order valence-electron chi connectivity index (χ4n) is 1.43. The number of halogens is 3. The molecular weight excluding hydrogens is 322 g/mol. The van der Waals surface area contributed by atoms with Gasteiger partial charge >= 0.3 is 5.97 Å². The van der Waals surface area contributed by atoms with E-state index in [1.807, 2.05) is 0 Å². The molecule has 0 saturated carbocycles. The predicted octanol–water partition coefficient (Wildman–Crippen LogP) is 4.22. The molecule has 0 saturated heterocycles. The van der Waals surface area contributed by atoms with E-state index in [0.717, 1.165) is 18.2 Å². The number of rotatable bonds is 3. The fourth-order valence-corrected chi connectivity index (χ4v) is 1.90. The summed E-state index contributed by atoms with van der Waals surface area (Å²) in [7, 11) is 0. The number of hydrogen-bond acceptors (Lipinski definition) is 2. The minimum Gasteiger partial charge on any atom is -0.478 e. The van der Waals surface area contributed by atoms with Gasteiger partial charge in [0.25, 0.3) is 0 Å². The predicted molar refractivity (Wildman–Crippen MR) is 67.5 cm³/mol. The summed E-state index contributed by atoms with van der Waals surface area (Å²) in [5.41, 5.74) is -0.0267. The van der Waals surface area contributed by atoms with Crippen LogP contribution in [0.5, 0.6) is 11.5 Å². The molecule has 98 valence electrons. The van der Waals surface area contributed by atoms with Crippen molar-refractivity contribution in [2.75, 3.05) is 0 Å². The average molecular weight is 329 g/mol. The molecule has 0 amide bonds. The Hall–Kier alpha value is -1.95. The van der Waals surface area contributed by atoms with Crippen LogP contribution < -0.4 is 4.74 Å². The van der Waals surface area contributed by atoms with Gasteiger partial charge in [-0.3, -0.25) is 0 Å². The van der Waals surface area contributed by atoms with Gasteiger partial charge in [-0.05, 0) is 30.3 Å². The van der Waals surface area contributed by atoms with Crippen LogP contribution >= 0.6 is 15.9 Å². The zero-order valence-corrected chi connectivity index (χ0v) is 10.9. The highest BCUT2D eigenvalue weighted by Gasteiger charge is 2.10. The van der Waals surface area contributed by atoms with Crippen molar-refractivity contribution in [1.29, 1.82) is 0 Å². The number of hydrogen-bond donors (Lipinski definition) is 1. The third kappa shape index (κ3) is 3.29. The number of ether oxygens (including phenoxy) is 1. The quantitative estimate of drug-likeness (QED) is 0.917. The van der Waals surface area contributed by atoms with Crippen LogP contribution in [0.2, 0.25) is 0 Å². The largest absolute Gasteiger partial charge is 0.478 e. The lowest BCUT2D eigenvalue weighted by Gasteiger charge is -2.08. The first kappa shape index (κ1) is 13.5. The van der Waals surface area contributed by atoms with E-state index in [2.05, 4.69) is 15.9 Å². The minimum atomic E-state index is -1.15. The zero-order valence-electron chi connectivity index (χ0n) is 9.36. The van der Waals surface area contributed by atoms with Crippen LogP contribution in [-0.2, 0) is 0 Å². The van der Waals surface area contributed by atoms with Crippen molar-refractivity contribution in [3.8, 4) is 11.5 Å². The van der Waals surface area contributed by atoms with Crippen molar-refractivity contribution >= 4 is 21.9 Å². The first-order valence-electron chi connectivity index (χ1n) is 5.12. The molecule has 2 aromatic carbocycles. The molecule has 6 heteroatoms. The molecule has 2 rings (SSSR count). The molecule has 1 N–H and O–H groups in total. The van der Waals surface area contributed by atoms with Crippen molar-refractivity contribution in [3.05, 3.63) is 58.1 Å². The Kier molecular flexibility index (Phi) is 3.80. The summed E-state index contributed by atoms with van der Waals surface area (Å²) in [6, 6.07) is 6.83. The third-order valence-corrected chi connectivity index (χ3v) is 2.70. The number of carbonyl (C=O) groups is 1. The molecule has 0 fully saturated rings. The summed E-state index contributed by atoms with van der Waals surface area (Å²) in [4.78, 5) is 10.9. The molecule has 0 unspecified atom stereocenters. The Morgan fingerprint density at radius 1 is 1.16 bits per heavy atom. The van der Waals surface area contributed by atoms with Gasteiger partial charge in [0.1, 0.15) is 11.6 Å². The van der Waals surface area contributed by atoms with Crippen LogP contribution in [0.4, 0.5) is 8.78 Å². The zero-order chi connectivity index (χ0) is 14.0. The van der Waals surface area contributed by atoms with Gasteiger partial charge in [0.15, 0.2) is 11.6 Å². The number of benzene rings is 2. The Morgan fingerprint density at radius 3 is 2.58 bits per heavy atom. The van der Waals surface area contributed by atoms with E-state index in [1.54, 1.807) is 0 Å². The molecule has 0 atom stereocenters. The molecule has 0 heterocycles. The van der Waals surface area contributed by atoms with Crippen molar-refractivity contribution in [1.82, 2.24) is 0 Å². The molecule has 0 aromatic heterocycles. The third-order valence-electron chi connectivity index (χ3n) is 2.24. The highest BCUT2D eigenvalue weighted by atomic mass is 79.9. The first-order chi connectivity index (χ1) is 8.95. The van der Waals surface area contributed by atoms with Crippen molar-refractivity contribution in [3.63, 3.8) is 0 Å². The molecule has 0 radical (unpaired) electrons. The SMILES string of the molecule is O=C(O)c1cc(Br)cc(Oc2cc(F)ccc2F)c1. The van der Waals surface area contributed by atoms with Crippen LogP contribution in [0.25, 0.3) is 0 Å². The van der Waals surface area contributed by atoms with Crippen LogP contribution in [0, 0.1) is 11.6 Å². The topological polar surface area (TPSA) is 46.5 Å². The molecule has 0 bridgehead atoms. The summed E-state index contributed by atoms with van der Waals surface area (Å²) >= 11 is 3.12. The summed E-state index contributed by atoms with van der Waals surface area (Å²) in [5.74, 6) is -2.75. The van der Waals surface area contributed by atoms with Crippen LogP contribution in [0.1, 0.15) is 10.4 Å². The van der Waals surface area contributed by atoms with E-state index >= 15 is 0 Å². The van der Waals surface area contributed by atoms with Gasteiger partial charge in [-0.15, -0.1) is 0 Å². The molecule has 0 aliphatic carbocycles. The second-order valence-corrected chi connectivity index (χ2v) is 4.57. The van der Waals surface area contributed by atoms with Crippen LogP contribution in [0.15, 0.2) is 40.9 Å². The second-order valence-electron chi connectivity index (χ2n) is 3.66. The van der Waals surface area contributed by atoms with Crippen molar-refractivity contribution in [2.24, 2.45) is 0 Å². The molecule has 19 heavy (non-hydrogen) atoms. The Morgan fingerprint density at radius 2 is 1.89 bits per heavy atom. The standard InChI is InChI=1S/C13H7BrF2O3/c14-8-3-7(13(17)18)4-10(5-8)19-12-6-9(15)1-2-11(12)16/h1-6H,(H,17,18). The van der Waals surface area contributed by atoms with Crippen LogP contribution in [-0.4, -0.2) is 11.1 Å². The molecular formula is C13H7BrF2O3. The van der Waals surface area contributed by atoms with E-state index < -0.39 is 17.6 Å². The van der Waals surface area contributed by atoms with E-state index in [0.29, 0.717) is 4.47 Å². The summed E-state index contributed by atoms with van der Waals surface area (Å²) in [5, 5.41) is 8.89. The molecule has 3 nitrogen and oxygen atoms in total. The van der Waals surface area contributed by atoms with E-state index in [4.69, 9.17) is 9.84 Å². The Labute approximate surface area is 115 Å². The van der Waals surface area contributed by atoms with Gasteiger partial charge < -0.3 is 9.84 Å². The lowest BCUT2D eigenvalue weighted by Crippen LogP contribution is -1.97. The monoisotopic (exact) mass is 328 g/mol. The molecule has 2 aromatic rings. The smallest absolute Gasteiger partial charge is 0.335 e. The summed E-state index contributed by atoms with van der Waals surface area (Å²) < 4.78 is 32.0. The number of carboxylic acid groups (broad SMARTS) is 1. The lowest BCUT2D eigenvalue weighted by atomic mass is 10.2. The van der Waals surface area contributed by atoms with Gasteiger partial charge in [-0.2, -0.15) is 0 Å². The van der Waals surface area contributed by atoms with Gasteiger partial charge in [-0.1, -0.05) is 15.9 Å². The first-order valence-corrected chi connectivity index (χ1v) is 5.92. The molecule has 0 aliphatic heterocycles. The van der Waals surface area contributed by atoms with Gasteiger partial charge in [0, 0.05) is 10.5 Å².